The van der Waals surface area contributed by atoms with Gasteiger partial charge < -0.3 is 11.5 Å². The van der Waals surface area contributed by atoms with E-state index in [0.29, 0.717) is 12.1 Å². The average Bonchev–Trinajstić information content (AvgIpc) is 2.65. The van der Waals surface area contributed by atoms with Crippen LogP contribution in [0.4, 0.5) is 0 Å². The summed E-state index contributed by atoms with van der Waals surface area (Å²) in [5, 5.41) is 0. The molecule has 4 nitrogen and oxygen atoms in total. The molecule has 1 saturated carbocycles. The Morgan fingerprint density at radius 1 is 1.25 bits per heavy atom. The smallest absolute Gasteiger partial charge is 0.221 e. The maximum absolute atomic E-state index is 11.3. The summed E-state index contributed by atoms with van der Waals surface area (Å²) in [5.41, 5.74) is 11.5. The molecule has 0 aromatic heterocycles. The van der Waals surface area contributed by atoms with Crippen LogP contribution in [0.15, 0.2) is 0 Å². The third-order valence-electron chi connectivity index (χ3n) is 4.29. The molecule has 4 atom stereocenters. The fourth-order valence-corrected chi connectivity index (χ4v) is 3.21. The summed E-state index contributed by atoms with van der Waals surface area (Å²) in [6.07, 6.45) is 5.52. The van der Waals surface area contributed by atoms with E-state index in [0.717, 1.165) is 25.8 Å². The van der Waals surface area contributed by atoms with Gasteiger partial charge in [0.05, 0.1) is 5.92 Å². The molecule has 16 heavy (non-hydrogen) atoms. The maximum atomic E-state index is 11.3. The van der Waals surface area contributed by atoms with Crippen molar-refractivity contribution in [2.75, 3.05) is 6.54 Å². The van der Waals surface area contributed by atoms with E-state index < -0.39 is 0 Å². The number of piperidine rings is 1. The quantitative estimate of drug-likeness (QED) is 0.717. The number of carbonyl (C=O) groups excluding carboxylic acids is 1. The fourth-order valence-electron chi connectivity index (χ4n) is 3.21. The van der Waals surface area contributed by atoms with Gasteiger partial charge in [-0.1, -0.05) is 6.42 Å². The van der Waals surface area contributed by atoms with Crippen LogP contribution in [-0.2, 0) is 4.79 Å². The molecule has 2 rings (SSSR count). The van der Waals surface area contributed by atoms with E-state index in [2.05, 4.69) is 11.8 Å². The number of likely N-dealkylation sites (tertiary alicyclic amines) is 1. The molecule has 0 aromatic carbocycles. The lowest BCUT2D eigenvalue weighted by molar-refractivity contribution is -0.124. The van der Waals surface area contributed by atoms with Crippen LogP contribution >= 0.6 is 0 Å². The van der Waals surface area contributed by atoms with Gasteiger partial charge in [-0.2, -0.15) is 0 Å². The van der Waals surface area contributed by atoms with Crippen molar-refractivity contribution in [2.24, 2.45) is 17.4 Å². The van der Waals surface area contributed by atoms with Gasteiger partial charge in [-0.25, -0.2) is 0 Å². The molecular formula is C12H23N3O. The molecule has 1 saturated heterocycles. The first kappa shape index (κ1) is 11.9. The summed E-state index contributed by atoms with van der Waals surface area (Å²) in [5.74, 6) is -0.118. The monoisotopic (exact) mass is 225 g/mol. The molecule has 0 aromatic rings. The first-order valence-electron chi connectivity index (χ1n) is 6.40. The Hall–Kier alpha value is -0.610. The van der Waals surface area contributed by atoms with Crippen molar-refractivity contribution in [1.29, 1.82) is 0 Å². The zero-order valence-corrected chi connectivity index (χ0v) is 10.1. The maximum Gasteiger partial charge on any atom is 0.221 e. The van der Waals surface area contributed by atoms with Gasteiger partial charge in [0.15, 0.2) is 0 Å². The predicted molar refractivity (Wildman–Crippen MR) is 63.7 cm³/mol. The SMILES string of the molecule is CC1CCC(C(N)=O)CN1C1CCCC1N. The van der Waals surface area contributed by atoms with Gasteiger partial charge in [0.1, 0.15) is 0 Å². The van der Waals surface area contributed by atoms with Crippen molar-refractivity contribution in [3.8, 4) is 0 Å². The third-order valence-corrected chi connectivity index (χ3v) is 4.29. The molecule has 1 aliphatic heterocycles. The number of rotatable bonds is 2. The normalized spacial score (nSPS) is 41.1. The van der Waals surface area contributed by atoms with Gasteiger partial charge in [-0.05, 0) is 32.6 Å². The summed E-state index contributed by atoms with van der Waals surface area (Å²) in [6.45, 7) is 3.05. The second kappa shape index (κ2) is 4.72. The minimum atomic E-state index is -0.150. The zero-order chi connectivity index (χ0) is 11.7. The standard InChI is InChI=1S/C12H23N3O/c1-8-5-6-9(12(14)16)7-15(8)11-4-2-3-10(11)13/h8-11H,2-7,13H2,1H3,(H2,14,16). The molecule has 1 aliphatic carbocycles. The van der Waals surface area contributed by atoms with E-state index >= 15 is 0 Å². The highest BCUT2D eigenvalue weighted by Gasteiger charge is 2.37. The second-order valence-corrected chi connectivity index (χ2v) is 5.38. The van der Waals surface area contributed by atoms with Gasteiger partial charge in [0.2, 0.25) is 5.91 Å². The highest BCUT2D eigenvalue weighted by molar-refractivity contribution is 5.77. The molecule has 1 amide bonds. The Morgan fingerprint density at radius 2 is 2.00 bits per heavy atom. The van der Waals surface area contributed by atoms with Crippen molar-refractivity contribution in [1.82, 2.24) is 4.90 Å². The summed E-state index contributed by atoms with van der Waals surface area (Å²) < 4.78 is 0. The van der Waals surface area contributed by atoms with Crippen LogP contribution in [0.25, 0.3) is 0 Å². The largest absolute Gasteiger partial charge is 0.369 e. The minimum absolute atomic E-state index is 0.0315. The van der Waals surface area contributed by atoms with Crippen LogP contribution < -0.4 is 11.5 Å². The number of hydrogen-bond donors (Lipinski definition) is 2. The summed E-state index contributed by atoms with van der Waals surface area (Å²) in [7, 11) is 0. The number of nitrogens with zero attached hydrogens (tertiary/aromatic N) is 1. The van der Waals surface area contributed by atoms with Crippen molar-refractivity contribution < 1.29 is 4.79 Å². The lowest BCUT2D eigenvalue weighted by Crippen LogP contribution is -2.54. The molecule has 0 spiro atoms. The zero-order valence-electron chi connectivity index (χ0n) is 10.1. The van der Waals surface area contributed by atoms with E-state index in [1.54, 1.807) is 0 Å². The Kier molecular flexibility index (Phi) is 3.50. The predicted octanol–water partition coefficient (Wildman–Crippen LogP) is 0.452. The van der Waals surface area contributed by atoms with Crippen LogP contribution in [0.5, 0.6) is 0 Å². The van der Waals surface area contributed by atoms with E-state index in [4.69, 9.17) is 11.5 Å². The van der Waals surface area contributed by atoms with Crippen molar-refractivity contribution in [2.45, 2.75) is 57.2 Å². The van der Waals surface area contributed by atoms with E-state index in [9.17, 15) is 4.79 Å². The number of primary amides is 1. The molecule has 0 radical (unpaired) electrons. The number of carbonyl (C=O) groups is 1. The molecule has 2 aliphatic rings. The molecule has 4 N–H and O–H groups in total. The number of amides is 1. The van der Waals surface area contributed by atoms with Crippen LogP contribution in [0.1, 0.15) is 39.0 Å². The van der Waals surface area contributed by atoms with Gasteiger partial charge in [-0.15, -0.1) is 0 Å². The first-order valence-corrected chi connectivity index (χ1v) is 6.40. The fraction of sp³-hybridized carbons (Fsp3) is 0.917. The molecule has 0 bridgehead atoms. The van der Waals surface area contributed by atoms with E-state index in [-0.39, 0.29) is 17.9 Å². The second-order valence-electron chi connectivity index (χ2n) is 5.38. The minimum Gasteiger partial charge on any atom is -0.369 e. The van der Waals surface area contributed by atoms with E-state index in [1.807, 2.05) is 0 Å². The highest BCUT2D eigenvalue weighted by atomic mass is 16.1. The average molecular weight is 225 g/mol. The van der Waals surface area contributed by atoms with Gasteiger partial charge in [0, 0.05) is 24.7 Å². The molecule has 4 heteroatoms. The topological polar surface area (TPSA) is 72.4 Å². The van der Waals surface area contributed by atoms with Crippen LogP contribution in [-0.4, -0.2) is 35.5 Å². The number of hydrogen-bond acceptors (Lipinski definition) is 3. The van der Waals surface area contributed by atoms with Crippen LogP contribution in [0.2, 0.25) is 0 Å². The molecule has 2 fully saturated rings. The lowest BCUT2D eigenvalue weighted by Gasteiger charge is -2.42. The van der Waals surface area contributed by atoms with E-state index in [1.165, 1.54) is 12.8 Å². The Morgan fingerprint density at radius 3 is 2.56 bits per heavy atom. The molecule has 4 unspecified atom stereocenters. The van der Waals surface area contributed by atoms with Gasteiger partial charge >= 0.3 is 0 Å². The van der Waals surface area contributed by atoms with Crippen molar-refractivity contribution >= 4 is 5.91 Å². The Bertz CT molecular complexity index is 269. The van der Waals surface area contributed by atoms with Crippen molar-refractivity contribution in [3.05, 3.63) is 0 Å². The van der Waals surface area contributed by atoms with Gasteiger partial charge in [-0.3, -0.25) is 9.69 Å². The molecular weight excluding hydrogens is 202 g/mol. The number of nitrogens with two attached hydrogens (primary N) is 2. The highest BCUT2D eigenvalue weighted by Crippen LogP contribution is 2.30. The summed E-state index contributed by atoms with van der Waals surface area (Å²) in [4.78, 5) is 13.7. The van der Waals surface area contributed by atoms with Crippen LogP contribution in [0.3, 0.4) is 0 Å². The first-order chi connectivity index (χ1) is 7.59. The summed E-state index contributed by atoms with van der Waals surface area (Å²) >= 11 is 0. The molecule has 92 valence electrons. The Balaban J connectivity index is 2.03. The van der Waals surface area contributed by atoms with Crippen LogP contribution in [0, 0.1) is 5.92 Å². The van der Waals surface area contributed by atoms with Gasteiger partial charge in [0.25, 0.3) is 0 Å². The lowest BCUT2D eigenvalue weighted by atomic mass is 9.90. The summed E-state index contributed by atoms with van der Waals surface area (Å²) in [6, 6.07) is 1.30. The molecule has 1 heterocycles. The Labute approximate surface area is 97.3 Å². The third kappa shape index (κ3) is 2.23. The van der Waals surface area contributed by atoms with Crippen molar-refractivity contribution in [3.63, 3.8) is 0 Å².